The standard InChI is InChI=1S/C13H12O/c1-14-9-8-11-6-7-12-4-2-3-5-13(12)10-11/h2-10H,1H3. The van der Waals surface area contributed by atoms with Crippen LogP contribution in [-0.4, -0.2) is 7.11 Å². The van der Waals surface area contributed by atoms with Crippen molar-refractivity contribution in [2.75, 3.05) is 7.11 Å². The third kappa shape index (κ3) is 1.77. The number of hydrogen-bond acceptors (Lipinski definition) is 1. The van der Waals surface area contributed by atoms with Crippen LogP contribution >= 0.6 is 0 Å². The van der Waals surface area contributed by atoms with Gasteiger partial charge in [-0.2, -0.15) is 0 Å². The van der Waals surface area contributed by atoms with E-state index < -0.39 is 0 Å². The predicted molar refractivity (Wildman–Crippen MR) is 60.0 cm³/mol. The molecule has 0 saturated heterocycles. The summed E-state index contributed by atoms with van der Waals surface area (Å²) in [6.07, 6.45) is 3.64. The van der Waals surface area contributed by atoms with Crippen LogP contribution in [0.25, 0.3) is 16.8 Å². The smallest absolute Gasteiger partial charge is 0.0830 e. The number of methoxy groups -OCH3 is 1. The van der Waals surface area contributed by atoms with Crippen LogP contribution in [0.5, 0.6) is 0 Å². The summed E-state index contributed by atoms with van der Waals surface area (Å²) in [5, 5.41) is 2.52. The Balaban J connectivity index is 2.46. The second-order valence-corrected chi connectivity index (χ2v) is 3.15. The average molecular weight is 184 g/mol. The monoisotopic (exact) mass is 184 g/mol. The molecule has 0 aliphatic carbocycles. The minimum absolute atomic E-state index is 1.16. The van der Waals surface area contributed by atoms with Crippen LogP contribution in [0.4, 0.5) is 0 Å². The van der Waals surface area contributed by atoms with E-state index in [-0.39, 0.29) is 0 Å². The van der Waals surface area contributed by atoms with Gasteiger partial charge < -0.3 is 4.74 Å². The van der Waals surface area contributed by atoms with Crippen molar-refractivity contribution in [2.45, 2.75) is 0 Å². The van der Waals surface area contributed by atoms with Crippen molar-refractivity contribution < 1.29 is 4.74 Å². The van der Waals surface area contributed by atoms with Crippen molar-refractivity contribution in [1.29, 1.82) is 0 Å². The first-order valence-corrected chi connectivity index (χ1v) is 4.58. The first-order valence-electron chi connectivity index (χ1n) is 4.58. The van der Waals surface area contributed by atoms with Gasteiger partial charge in [-0.05, 0) is 28.5 Å². The average Bonchev–Trinajstić information content (AvgIpc) is 2.26. The van der Waals surface area contributed by atoms with Gasteiger partial charge >= 0.3 is 0 Å². The molecule has 0 aromatic heterocycles. The van der Waals surface area contributed by atoms with Gasteiger partial charge in [0.2, 0.25) is 0 Å². The zero-order chi connectivity index (χ0) is 9.80. The molecule has 0 N–H and O–H groups in total. The number of hydrogen-bond donors (Lipinski definition) is 0. The van der Waals surface area contributed by atoms with Gasteiger partial charge in [0, 0.05) is 0 Å². The summed E-state index contributed by atoms with van der Waals surface area (Å²) in [6.45, 7) is 0. The van der Waals surface area contributed by atoms with Crippen molar-refractivity contribution in [3.05, 3.63) is 54.3 Å². The van der Waals surface area contributed by atoms with Crippen molar-refractivity contribution in [2.24, 2.45) is 0 Å². The molecule has 14 heavy (non-hydrogen) atoms. The summed E-state index contributed by atoms with van der Waals surface area (Å²) in [6, 6.07) is 14.7. The Bertz CT molecular complexity index is 457. The quantitative estimate of drug-likeness (QED) is 0.649. The summed E-state index contributed by atoms with van der Waals surface area (Å²) >= 11 is 0. The summed E-state index contributed by atoms with van der Waals surface area (Å²) in [5.74, 6) is 0. The van der Waals surface area contributed by atoms with Crippen LogP contribution in [0.15, 0.2) is 48.7 Å². The summed E-state index contributed by atoms with van der Waals surface area (Å²) in [4.78, 5) is 0. The molecular formula is C13H12O. The molecule has 0 unspecified atom stereocenters. The molecule has 2 aromatic rings. The maximum Gasteiger partial charge on any atom is 0.0830 e. The molecule has 0 amide bonds. The molecule has 0 radical (unpaired) electrons. The molecule has 0 atom stereocenters. The van der Waals surface area contributed by atoms with Gasteiger partial charge in [0.15, 0.2) is 0 Å². The Labute approximate surface area is 83.6 Å². The molecule has 0 fully saturated rings. The van der Waals surface area contributed by atoms with Gasteiger partial charge in [-0.15, -0.1) is 0 Å². The second kappa shape index (κ2) is 3.97. The fraction of sp³-hybridized carbons (Fsp3) is 0.0769. The number of fused-ring (bicyclic) bond motifs is 1. The zero-order valence-electron chi connectivity index (χ0n) is 8.10. The molecule has 0 bridgehead atoms. The van der Waals surface area contributed by atoms with E-state index in [0.29, 0.717) is 0 Å². The van der Waals surface area contributed by atoms with Gasteiger partial charge in [0.05, 0.1) is 13.4 Å². The molecular weight excluding hydrogens is 172 g/mol. The molecule has 0 saturated carbocycles. The zero-order valence-corrected chi connectivity index (χ0v) is 8.10. The highest BCUT2D eigenvalue weighted by atomic mass is 16.5. The van der Waals surface area contributed by atoms with Crippen LogP contribution in [0.1, 0.15) is 5.56 Å². The number of rotatable bonds is 2. The SMILES string of the molecule is COC=Cc1ccc2ccccc2c1. The number of benzene rings is 2. The lowest BCUT2D eigenvalue weighted by atomic mass is 10.1. The van der Waals surface area contributed by atoms with Gasteiger partial charge in [-0.1, -0.05) is 36.4 Å². The highest BCUT2D eigenvalue weighted by Crippen LogP contribution is 2.16. The third-order valence-corrected chi connectivity index (χ3v) is 2.17. The van der Waals surface area contributed by atoms with E-state index in [4.69, 9.17) is 4.74 Å². The molecule has 70 valence electrons. The molecule has 0 aliphatic rings. The van der Waals surface area contributed by atoms with E-state index in [1.165, 1.54) is 10.8 Å². The fourth-order valence-electron chi connectivity index (χ4n) is 1.46. The van der Waals surface area contributed by atoms with Crippen LogP contribution in [0.3, 0.4) is 0 Å². The maximum absolute atomic E-state index is 4.88. The first kappa shape index (κ1) is 8.82. The largest absolute Gasteiger partial charge is 0.504 e. The fourth-order valence-corrected chi connectivity index (χ4v) is 1.46. The highest BCUT2D eigenvalue weighted by molar-refractivity contribution is 5.84. The first-order chi connectivity index (χ1) is 6.90. The Morgan fingerprint density at radius 1 is 1.00 bits per heavy atom. The maximum atomic E-state index is 4.88. The van der Waals surface area contributed by atoms with E-state index in [1.54, 1.807) is 13.4 Å². The molecule has 0 aliphatic heterocycles. The Morgan fingerprint density at radius 3 is 2.57 bits per heavy atom. The van der Waals surface area contributed by atoms with E-state index in [2.05, 4.69) is 30.3 Å². The van der Waals surface area contributed by atoms with Crippen molar-refractivity contribution >= 4 is 16.8 Å². The Kier molecular flexibility index (Phi) is 2.50. The van der Waals surface area contributed by atoms with E-state index >= 15 is 0 Å². The van der Waals surface area contributed by atoms with E-state index in [9.17, 15) is 0 Å². The normalized spacial score (nSPS) is 10.9. The molecule has 1 nitrogen and oxygen atoms in total. The predicted octanol–water partition coefficient (Wildman–Crippen LogP) is 3.46. The summed E-state index contributed by atoms with van der Waals surface area (Å²) < 4.78 is 4.88. The molecule has 0 spiro atoms. The van der Waals surface area contributed by atoms with Gasteiger partial charge in [-0.25, -0.2) is 0 Å². The van der Waals surface area contributed by atoms with Crippen molar-refractivity contribution in [1.82, 2.24) is 0 Å². The minimum Gasteiger partial charge on any atom is -0.504 e. The van der Waals surface area contributed by atoms with Crippen LogP contribution in [0, 0.1) is 0 Å². The molecule has 0 heterocycles. The van der Waals surface area contributed by atoms with Gasteiger partial charge in [0.25, 0.3) is 0 Å². The Hall–Kier alpha value is -1.76. The van der Waals surface area contributed by atoms with E-state index in [1.807, 2.05) is 18.2 Å². The van der Waals surface area contributed by atoms with E-state index in [0.717, 1.165) is 5.56 Å². The van der Waals surface area contributed by atoms with Crippen molar-refractivity contribution in [3.63, 3.8) is 0 Å². The molecule has 2 rings (SSSR count). The lowest BCUT2D eigenvalue weighted by Gasteiger charge is -1.98. The molecule has 1 heteroatoms. The highest BCUT2D eigenvalue weighted by Gasteiger charge is 1.92. The van der Waals surface area contributed by atoms with Crippen LogP contribution < -0.4 is 0 Å². The Morgan fingerprint density at radius 2 is 1.79 bits per heavy atom. The second-order valence-electron chi connectivity index (χ2n) is 3.15. The lowest BCUT2D eigenvalue weighted by molar-refractivity contribution is 0.341. The van der Waals surface area contributed by atoms with Crippen LogP contribution in [-0.2, 0) is 4.74 Å². The minimum atomic E-state index is 1.16. The lowest BCUT2D eigenvalue weighted by Crippen LogP contribution is -1.75. The molecule has 2 aromatic carbocycles. The topological polar surface area (TPSA) is 9.23 Å². The third-order valence-electron chi connectivity index (χ3n) is 2.17. The summed E-state index contributed by atoms with van der Waals surface area (Å²) in [5.41, 5.74) is 1.16. The van der Waals surface area contributed by atoms with Gasteiger partial charge in [0.1, 0.15) is 0 Å². The van der Waals surface area contributed by atoms with Gasteiger partial charge in [-0.3, -0.25) is 0 Å². The number of ether oxygens (including phenoxy) is 1. The van der Waals surface area contributed by atoms with Crippen molar-refractivity contribution in [3.8, 4) is 0 Å². The van der Waals surface area contributed by atoms with Crippen LogP contribution in [0.2, 0.25) is 0 Å². The summed E-state index contributed by atoms with van der Waals surface area (Å²) in [7, 11) is 1.65.